The lowest BCUT2D eigenvalue weighted by atomic mass is 9.69. The number of anilines is 1. The number of alkyl halides is 1. The molecule has 0 spiro atoms. The van der Waals surface area contributed by atoms with E-state index in [1.807, 2.05) is 24.3 Å². The predicted molar refractivity (Wildman–Crippen MR) is 127 cm³/mol. The van der Waals surface area contributed by atoms with Crippen LogP contribution in [0.3, 0.4) is 0 Å². The molecule has 3 atom stereocenters. The molecule has 0 saturated carbocycles. The van der Waals surface area contributed by atoms with Crippen LogP contribution in [0.4, 0.5) is 10.2 Å². The molecule has 1 aromatic carbocycles. The molecule has 174 valence electrons. The third kappa shape index (κ3) is 4.31. The van der Waals surface area contributed by atoms with Crippen LogP contribution in [0.1, 0.15) is 46.0 Å². The van der Waals surface area contributed by atoms with Crippen molar-refractivity contribution in [2.75, 3.05) is 18.1 Å². The summed E-state index contributed by atoms with van der Waals surface area (Å²) in [7, 11) is 0. The van der Waals surface area contributed by atoms with Crippen LogP contribution in [-0.2, 0) is 0 Å². The molecule has 0 aliphatic carbocycles. The van der Waals surface area contributed by atoms with Gasteiger partial charge in [0.1, 0.15) is 12.4 Å². The Morgan fingerprint density at radius 2 is 1.88 bits per heavy atom. The zero-order valence-electron chi connectivity index (χ0n) is 19.2. The van der Waals surface area contributed by atoms with Crippen LogP contribution in [0.15, 0.2) is 42.7 Å². The Morgan fingerprint density at radius 1 is 1.09 bits per heavy atom. The summed E-state index contributed by atoms with van der Waals surface area (Å²) in [6.07, 6.45) is 8.91. The van der Waals surface area contributed by atoms with Gasteiger partial charge in [0.2, 0.25) is 0 Å². The number of aromatic amines is 1. The maximum absolute atomic E-state index is 13.6. The van der Waals surface area contributed by atoms with Gasteiger partial charge in [-0.05, 0) is 75.8 Å². The molecule has 0 unspecified atom stereocenters. The van der Waals surface area contributed by atoms with E-state index in [4.69, 9.17) is 0 Å². The summed E-state index contributed by atoms with van der Waals surface area (Å²) >= 11 is 0. The fourth-order valence-electron chi connectivity index (χ4n) is 5.89. The Bertz CT molecular complexity index is 1090. The lowest BCUT2D eigenvalue weighted by molar-refractivity contribution is 0.0767. The number of aromatic nitrogens is 4. The van der Waals surface area contributed by atoms with Gasteiger partial charge in [-0.2, -0.15) is 5.10 Å². The first-order valence-electron chi connectivity index (χ1n) is 11.7. The van der Waals surface area contributed by atoms with Crippen LogP contribution >= 0.6 is 0 Å². The van der Waals surface area contributed by atoms with Gasteiger partial charge in [-0.15, -0.1) is 10.2 Å². The van der Waals surface area contributed by atoms with Gasteiger partial charge in [-0.1, -0.05) is 6.07 Å². The minimum atomic E-state index is -0.433. The number of halogens is 1. The van der Waals surface area contributed by atoms with Gasteiger partial charge < -0.3 is 15.3 Å². The Hall–Kier alpha value is -3.00. The van der Waals surface area contributed by atoms with E-state index in [9.17, 15) is 9.50 Å². The first-order valence-corrected chi connectivity index (χ1v) is 11.7. The highest BCUT2D eigenvalue weighted by Gasteiger charge is 2.47. The van der Waals surface area contributed by atoms with Crippen LogP contribution in [0.25, 0.3) is 22.4 Å². The molecule has 2 bridgehead atoms. The minimum absolute atomic E-state index is 0.0698. The van der Waals surface area contributed by atoms with Crippen molar-refractivity contribution in [3.63, 3.8) is 0 Å². The highest BCUT2D eigenvalue weighted by molar-refractivity contribution is 5.73. The minimum Gasteiger partial charge on any atom is -0.507 e. The fraction of sp³-hybridized carbons (Fsp3) is 0.480. The van der Waals surface area contributed by atoms with Gasteiger partial charge in [0.15, 0.2) is 5.82 Å². The van der Waals surface area contributed by atoms with Gasteiger partial charge in [-0.3, -0.25) is 5.10 Å². The molecule has 2 saturated heterocycles. The maximum Gasteiger partial charge on any atom is 0.151 e. The Kier molecular flexibility index (Phi) is 5.56. The number of nitrogens with one attached hydrogen (secondary N) is 2. The van der Waals surface area contributed by atoms with Crippen LogP contribution in [0.5, 0.6) is 5.75 Å². The number of phenolic OH excluding ortho intramolecular Hbond substituents is 1. The van der Waals surface area contributed by atoms with E-state index >= 15 is 0 Å². The zero-order chi connectivity index (χ0) is 23.1. The highest BCUT2D eigenvalue weighted by Crippen LogP contribution is 2.42. The lowest BCUT2D eigenvalue weighted by Crippen LogP contribution is -2.67. The molecule has 33 heavy (non-hydrogen) atoms. The van der Waals surface area contributed by atoms with Crippen LogP contribution in [-0.4, -0.2) is 55.8 Å². The molecule has 2 fully saturated rings. The van der Waals surface area contributed by atoms with E-state index in [0.29, 0.717) is 23.6 Å². The lowest BCUT2D eigenvalue weighted by Gasteiger charge is -2.55. The van der Waals surface area contributed by atoms with Gasteiger partial charge in [0.25, 0.3) is 0 Å². The average Bonchev–Trinajstić information content (AvgIpc) is 3.31. The number of benzene rings is 1. The van der Waals surface area contributed by atoms with Crippen molar-refractivity contribution >= 4 is 5.82 Å². The van der Waals surface area contributed by atoms with Gasteiger partial charge in [0.05, 0.1) is 11.9 Å². The molecule has 3 aromatic rings. The summed E-state index contributed by atoms with van der Waals surface area (Å²) in [4.78, 5) is 2.08. The van der Waals surface area contributed by atoms with E-state index in [0.717, 1.165) is 36.8 Å². The molecule has 8 heteroatoms. The van der Waals surface area contributed by atoms with Crippen molar-refractivity contribution < 1.29 is 9.50 Å². The molecule has 2 aliphatic rings. The molecule has 2 aliphatic heterocycles. The monoisotopic (exact) mass is 450 g/mol. The molecule has 2 aromatic heterocycles. The number of H-pyrrole nitrogens is 1. The predicted octanol–water partition coefficient (Wildman–Crippen LogP) is 4.47. The summed E-state index contributed by atoms with van der Waals surface area (Å²) in [5.41, 5.74) is 3.09. The van der Waals surface area contributed by atoms with Crippen molar-refractivity contribution in [2.24, 2.45) is 0 Å². The fourth-order valence-corrected chi connectivity index (χ4v) is 5.89. The summed E-state index contributed by atoms with van der Waals surface area (Å²) < 4.78 is 13.6. The van der Waals surface area contributed by atoms with E-state index in [1.165, 1.54) is 6.42 Å². The molecule has 0 radical (unpaired) electrons. The largest absolute Gasteiger partial charge is 0.507 e. The number of piperidine rings is 2. The third-order valence-electron chi connectivity index (χ3n) is 7.25. The quantitative estimate of drug-likeness (QED) is 0.513. The van der Waals surface area contributed by atoms with Gasteiger partial charge in [-0.25, -0.2) is 4.39 Å². The first-order chi connectivity index (χ1) is 15.9. The number of nitrogens with zero attached hydrogens (tertiary/aromatic N) is 4. The number of hydrogen-bond acceptors (Lipinski definition) is 6. The molecule has 5 rings (SSSR count). The number of aromatic hydroxyl groups is 1. The zero-order valence-corrected chi connectivity index (χ0v) is 19.2. The SMILES string of the molecule is C[C@]12CCC[C@](C)(C[C@@H](N(CCF)c3ccc(-c4ccc(-c5cn[nH]c5)cc4O)nn3)C1)N2. The standard InChI is InChI=1S/C25H31FN6O/c1-24-8-3-9-25(2,31-24)14-19(13-24)32(11-10-26)23-7-6-21(29-30-23)20-5-4-17(12-22(20)33)18-15-27-28-16-18/h4-7,12,15-16,19,31,33H,3,8-11,13-14H2,1-2H3,(H,27,28)/t19-,24-,25+. The van der Waals surface area contributed by atoms with Crippen molar-refractivity contribution in [2.45, 2.75) is 63.1 Å². The number of hydrogen-bond donors (Lipinski definition) is 3. The van der Waals surface area contributed by atoms with E-state index in [2.05, 4.69) is 44.5 Å². The smallest absolute Gasteiger partial charge is 0.151 e. The topological polar surface area (TPSA) is 90.0 Å². The summed E-state index contributed by atoms with van der Waals surface area (Å²) in [6.45, 7) is 4.44. The molecule has 7 nitrogen and oxygen atoms in total. The Labute approximate surface area is 193 Å². The van der Waals surface area contributed by atoms with E-state index in [1.54, 1.807) is 18.5 Å². The van der Waals surface area contributed by atoms with Crippen molar-refractivity contribution in [1.29, 1.82) is 0 Å². The summed E-state index contributed by atoms with van der Waals surface area (Å²) in [5, 5.41) is 30.0. The molecule has 4 heterocycles. The van der Waals surface area contributed by atoms with Crippen molar-refractivity contribution in [1.82, 2.24) is 25.7 Å². The second-order valence-corrected chi connectivity index (χ2v) is 10.0. The number of rotatable bonds is 6. The van der Waals surface area contributed by atoms with E-state index < -0.39 is 6.67 Å². The summed E-state index contributed by atoms with van der Waals surface area (Å²) in [6, 6.07) is 9.40. The first kappa shape index (κ1) is 21.8. The third-order valence-corrected chi connectivity index (χ3v) is 7.25. The van der Waals surface area contributed by atoms with Crippen LogP contribution in [0.2, 0.25) is 0 Å². The van der Waals surface area contributed by atoms with Gasteiger partial charge in [0, 0.05) is 41.0 Å². The normalized spacial score (nSPS) is 26.8. The second-order valence-electron chi connectivity index (χ2n) is 10.0. The molecular weight excluding hydrogens is 419 g/mol. The summed E-state index contributed by atoms with van der Waals surface area (Å²) in [5.74, 6) is 0.812. The molecule has 0 amide bonds. The average molecular weight is 451 g/mol. The van der Waals surface area contributed by atoms with Crippen LogP contribution < -0.4 is 10.2 Å². The molecule has 3 N–H and O–H groups in total. The highest BCUT2D eigenvalue weighted by atomic mass is 19.1. The van der Waals surface area contributed by atoms with Crippen LogP contribution in [0, 0.1) is 0 Å². The van der Waals surface area contributed by atoms with E-state index in [-0.39, 0.29) is 22.9 Å². The van der Waals surface area contributed by atoms with Gasteiger partial charge >= 0.3 is 0 Å². The molecular formula is C25H31FN6O. The number of phenols is 1. The van der Waals surface area contributed by atoms with Crippen molar-refractivity contribution in [3.8, 4) is 28.1 Å². The Morgan fingerprint density at radius 3 is 2.48 bits per heavy atom. The van der Waals surface area contributed by atoms with Crippen molar-refractivity contribution in [3.05, 3.63) is 42.7 Å². The number of fused-ring (bicyclic) bond motifs is 2. The maximum atomic E-state index is 13.6. The Balaban J connectivity index is 1.39. The second kappa shape index (κ2) is 8.41.